The van der Waals surface area contributed by atoms with E-state index in [2.05, 4.69) is 54.5 Å². The summed E-state index contributed by atoms with van der Waals surface area (Å²) in [6.45, 7) is 4.18. The lowest BCUT2D eigenvalue weighted by atomic mass is 9.73. The molecule has 1 amide bonds. The maximum atomic E-state index is 13.2. The normalized spacial score (nSPS) is 21.8. The van der Waals surface area contributed by atoms with Crippen LogP contribution in [0.4, 0.5) is 5.13 Å². The van der Waals surface area contributed by atoms with Crippen LogP contribution < -0.4 is 5.32 Å². The molecule has 0 bridgehead atoms. The number of aromatic nitrogens is 1. The van der Waals surface area contributed by atoms with Crippen molar-refractivity contribution in [2.75, 3.05) is 5.32 Å². The van der Waals surface area contributed by atoms with Gasteiger partial charge < -0.3 is 5.32 Å². The van der Waals surface area contributed by atoms with Crippen LogP contribution in [-0.2, 0) is 11.2 Å². The summed E-state index contributed by atoms with van der Waals surface area (Å²) in [5, 5.41) is 5.55. The minimum Gasteiger partial charge on any atom is -0.301 e. The number of carbonyl (C=O) groups excluding carboxylic acids is 1. The Morgan fingerprint density at radius 3 is 2.76 bits per heavy atom. The summed E-state index contributed by atoms with van der Waals surface area (Å²) in [5.74, 6) is 0.0775. The second-order valence-corrected chi connectivity index (χ2v) is 7.83. The largest absolute Gasteiger partial charge is 0.301 e. The van der Waals surface area contributed by atoms with Gasteiger partial charge in [0.1, 0.15) is 0 Å². The molecule has 1 aromatic heterocycles. The lowest BCUT2D eigenvalue weighted by molar-refractivity contribution is -0.125. The van der Waals surface area contributed by atoms with Crippen LogP contribution in [0, 0.1) is 12.3 Å². The van der Waals surface area contributed by atoms with Gasteiger partial charge in [0.2, 0.25) is 5.91 Å². The van der Waals surface area contributed by atoms with E-state index in [4.69, 9.17) is 0 Å². The lowest BCUT2D eigenvalue weighted by Crippen LogP contribution is -2.37. The van der Waals surface area contributed by atoms with E-state index >= 15 is 0 Å². The average Bonchev–Trinajstić information content (AvgIpc) is 3.21. The molecule has 126 valence electrons. The van der Waals surface area contributed by atoms with Crippen molar-refractivity contribution in [1.29, 1.82) is 0 Å². The van der Waals surface area contributed by atoms with Crippen molar-refractivity contribution in [3.05, 3.63) is 82.4 Å². The number of carbonyl (C=O) groups is 1. The summed E-state index contributed by atoms with van der Waals surface area (Å²) in [6, 6.07) is 16.9. The molecule has 1 aliphatic carbocycles. The first-order valence-electron chi connectivity index (χ1n) is 8.43. The number of hydrogen-bond acceptors (Lipinski definition) is 3. The summed E-state index contributed by atoms with van der Waals surface area (Å²) in [4.78, 5) is 17.4. The van der Waals surface area contributed by atoms with E-state index in [9.17, 15) is 4.79 Å². The molecule has 0 aliphatic heterocycles. The van der Waals surface area contributed by atoms with Gasteiger partial charge in [-0.2, -0.15) is 0 Å². The predicted molar refractivity (Wildman–Crippen MR) is 102 cm³/mol. The SMILES string of the molecule is Cc1ccc2c(c1)[C@H](c1ccccc1)[C@](C)(C(=O)Nc1nccs1)C2. The standard InChI is InChI=1S/C21H20N2OS/c1-14-8-9-16-13-21(2,19(24)23-20-22-10-11-25-20)18(17(16)12-14)15-6-4-3-5-7-15/h3-12,18H,13H2,1-2H3,(H,22,23,24)/t18-,21+/m0/s1. The molecular weight excluding hydrogens is 328 g/mol. The number of benzene rings is 2. The number of rotatable bonds is 3. The molecular formula is C21H20N2OS. The van der Waals surface area contributed by atoms with Crippen LogP contribution >= 0.6 is 11.3 Å². The van der Waals surface area contributed by atoms with Crippen LogP contribution in [0.25, 0.3) is 0 Å². The molecule has 2 atom stereocenters. The number of hydrogen-bond donors (Lipinski definition) is 1. The van der Waals surface area contributed by atoms with Gasteiger partial charge in [0.25, 0.3) is 0 Å². The summed E-state index contributed by atoms with van der Waals surface area (Å²) < 4.78 is 0. The Labute approximate surface area is 151 Å². The molecule has 0 saturated heterocycles. The molecule has 4 heteroatoms. The molecule has 3 nitrogen and oxygen atoms in total. The fraction of sp³-hybridized carbons (Fsp3) is 0.238. The second kappa shape index (κ2) is 6.12. The Bertz CT molecular complexity index is 905. The zero-order valence-electron chi connectivity index (χ0n) is 14.3. The van der Waals surface area contributed by atoms with Crippen molar-refractivity contribution >= 4 is 22.4 Å². The first kappa shape index (κ1) is 16.0. The maximum Gasteiger partial charge on any atom is 0.233 e. The van der Waals surface area contributed by atoms with E-state index in [1.807, 2.05) is 23.6 Å². The van der Waals surface area contributed by atoms with E-state index in [0.717, 1.165) is 6.42 Å². The van der Waals surface area contributed by atoms with Gasteiger partial charge in [-0.25, -0.2) is 4.98 Å². The molecule has 3 aromatic rings. The molecule has 2 aromatic carbocycles. The monoisotopic (exact) mass is 348 g/mol. The van der Waals surface area contributed by atoms with Crippen LogP contribution in [0.1, 0.15) is 35.1 Å². The Morgan fingerprint density at radius 2 is 2.04 bits per heavy atom. The van der Waals surface area contributed by atoms with Crippen LogP contribution in [0.15, 0.2) is 60.1 Å². The molecule has 1 heterocycles. The van der Waals surface area contributed by atoms with Gasteiger partial charge >= 0.3 is 0 Å². The number of amides is 1. The quantitative estimate of drug-likeness (QED) is 0.740. The summed E-state index contributed by atoms with van der Waals surface area (Å²) >= 11 is 1.45. The van der Waals surface area contributed by atoms with Crippen molar-refractivity contribution in [3.63, 3.8) is 0 Å². The molecule has 0 saturated carbocycles. The Balaban J connectivity index is 1.79. The second-order valence-electron chi connectivity index (χ2n) is 6.93. The van der Waals surface area contributed by atoms with E-state index < -0.39 is 5.41 Å². The maximum absolute atomic E-state index is 13.2. The fourth-order valence-electron chi connectivity index (χ4n) is 3.91. The van der Waals surface area contributed by atoms with Crippen LogP contribution in [0.5, 0.6) is 0 Å². The van der Waals surface area contributed by atoms with Crippen molar-refractivity contribution in [2.24, 2.45) is 5.41 Å². The highest BCUT2D eigenvalue weighted by atomic mass is 32.1. The molecule has 0 fully saturated rings. The number of thiazole rings is 1. The number of nitrogens with one attached hydrogen (secondary N) is 1. The van der Waals surface area contributed by atoms with Gasteiger partial charge in [0.15, 0.2) is 5.13 Å². The van der Waals surface area contributed by atoms with Gasteiger partial charge in [-0.1, -0.05) is 54.1 Å². The van der Waals surface area contributed by atoms with Crippen molar-refractivity contribution in [2.45, 2.75) is 26.2 Å². The van der Waals surface area contributed by atoms with Gasteiger partial charge in [0.05, 0.1) is 5.41 Å². The molecule has 1 aliphatic rings. The highest BCUT2D eigenvalue weighted by Gasteiger charge is 2.48. The topological polar surface area (TPSA) is 42.0 Å². The minimum absolute atomic E-state index is 0.0326. The van der Waals surface area contributed by atoms with Crippen LogP contribution in [-0.4, -0.2) is 10.9 Å². The van der Waals surface area contributed by atoms with E-state index in [-0.39, 0.29) is 11.8 Å². The minimum atomic E-state index is -0.539. The van der Waals surface area contributed by atoms with Crippen LogP contribution in [0.3, 0.4) is 0 Å². The van der Waals surface area contributed by atoms with Gasteiger partial charge in [-0.3, -0.25) is 4.79 Å². The van der Waals surface area contributed by atoms with Crippen molar-refractivity contribution in [3.8, 4) is 0 Å². The van der Waals surface area contributed by atoms with Crippen LogP contribution in [0.2, 0.25) is 0 Å². The van der Waals surface area contributed by atoms with E-state index in [0.29, 0.717) is 5.13 Å². The Morgan fingerprint density at radius 1 is 1.24 bits per heavy atom. The van der Waals surface area contributed by atoms with Gasteiger partial charge in [-0.05, 0) is 37.0 Å². The molecule has 0 unspecified atom stereocenters. The first-order valence-corrected chi connectivity index (χ1v) is 9.31. The highest BCUT2D eigenvalue weighted by molar-refractivity contribution is 7.13. The number of anilines is 1. The third kappa shape index (κ3) is 2.76. The van der Waals surface area contributed by atoms with Crippen molar-refractivity contribution < 1.29 is 4.79 Å². The molecule has 25 heavy (non-hydrogen) atoms. The Hall–Kier alpha value is -2.46. The van der Waals surface area contributed by atoms with E-state index in [1.165, 1.54) is 33.6 Å². The molecule has 0 spiro atoms. The molecule has 4 rings (SSSR count). The summed E-state index contributed by atoms with van der Waals surface area (Å²) in [7, 11) is 0. The lowest BCUT2D eigenvalue weighted by Gasteiger charge is -2.31. The van der Waals surface area contributed by atoms with Gasteiger partial charge in [0, 0.05) is 17.5 Å². The third-order valence-electron chi connectivity index (χ3n) is 5.11. The predicted octanol–water partition coefficient (Wildman–Crippen LogP) is 4.78. The van der Waals surface area contributed by atoms with E-state index in [1.54, 1.807) is 6.20 Å². The zero-order chi connectivity index (χ0) is 17.4. The van der Waals surface area contributed by atoms with Gasteiger partial charge in [-0.15, -0.1) is 11.3 Å². The van der Waals surface area contributed by atoms with Crippen molar-refractivity contribution in [1.82, 2.24) is 4.98 Å². The highest BCUT2D eigenvalue weighted by Crippen LogP contribution is 2.51. The fourth-order valence-corrected chi connectivity index (χ4v) is 4.44. The first-order chi connectivity index (χ1) is 12.1. The molecule has 1 N–H and O–H groups in total. The summed E-state index contributed by atoms with van der Waals surface area (Å²) in [6.07, 6.45) is 2.45. The number of nitrogens with zero attached hydrogens (tertiary/aromatic N) is 1. The number of aryl methyl sites for hydroxylation is 1. The Kier molecular flexibility index (Phi) is 3.92. The number of fused-ring (bicyclic) bond motifs is 1. The summed E-state index contributed by atoms with van der Waals surface area (Å²) in [5.41, 5.74) is 4.40. The molecule has 0 radical (unpaired) electrons. The zero-order valence-corrected chi connectivity index (χ0v) is 15.1. The average molecular weight is 348 g/mol. The third-order valence-corrected chi connectivity index (χ3v) is 5.80. The smallest absolute Gasteiger partial charge is 0.233 e.